The Kier molecular flexibility index (Phi) is 4.78. The van der Waals surface area contributed by atoms with E-state index in [9.17, 15) is 4.79 Å². The lowest BCUT2D eigenvalue weighted by Gasteiger charge is -2.07. The number of halogens is 1. The Hall–Kier alpha value is -0.870. The molecular weight excluding hydrogens is 294 g/mol. The summed E-state index contributed by atoms with van der Waals surface area (Å²) in [6.07, 6.45) is 3.58. The Labute approximate surface area is 116 Å². The van der Waals surface area contributed by atoms with Gasteiger partial charge in [0.2, 0.25) is 0 Å². The lowest BCUT2D eigenvalue weighted by atomic mass is 10.1. The van der Waals surface area contributed by atoms with Gasteiger partial charge in [0.15, 0.2) is 0 Å². The SMILES string of the molecule is COc1ccc(Br)c(CC(=O)CCNC2CC2)c1. The molecule has 0 bridgehead atoms. The van der Waals surface area contributed by atoms with E-state index in [-0.39, 0.29) is 5.78 Å². The highest BCUT2D eigenvalue weighted by molar-refractivity contribution is 9.10. The number of benzene rings is 1. The maximum absolute atomic E-state index is 11.9. The molecule has 1 fully saturated rings. The van der Waals surface area contributed by atoms with Gasteiger partial charge in [0.05, 0.1) is 7.11 Å². The van der Waals surface area contributed by atoms with Gasteiger partial charge in [-0.05, 0) is 36.6 Å². The number of methoxy groups -OCH3 is 1. The van der Waals surface area contributed by atoms with Gasteiger partial charge in [-0.1, -0.05) is 15.9 Å². The van der Waals surface area contributed by atoms with Crippen molar-refractivity contribution in [1.82, 2.24) is 5.32 Å². The number of carbonyl (C=O) groups excluding carboxylic acids is 1. The number of ketones is 1. The molecule has 18 heavy (non-hydrogen) atoms. The van der Waals surface area contributed by atoms with E-state index in [4.69, 9.17) is 4.74 Å². The summed E-state index contributed by atoms with van der Waals surface area (Å²) in [7, 11) is 1.63. The third-order valence-electron chi connectivity index (χ3n) is 3.05. The van der Waals surface area contributed by atoms with Crippen LogP contribution < -0.4 is 10.1 Å². The highest BCUT2D eigenvalue weighted by Crippen LogP contribution is 2.23. The van der Waals surface area contributed by atoms with E-state index >= 15 is 0 Å². The zero-order chi connectivity index (χ0) is 13.0. The summed E-state index contributed by atoms with van der Waals surface area (Å²) >= 11 is 3.47. The molecule has 98 valence electrons. The Morgan fingerprint density at radius 2 is 2.28 bits per heavy atom. The Morgan fingerprint density at radius 3 is 2.94 bits per heavy atom. The first-order valence-corrected chi connectivity index (χ1v) is 7.06. The lowest BCUT2D eigenvalue weighted by Crippen LogP contribution is -2.20. The van der Waals surface area contributed by atoms with Crippen molar-refractivity contribution in [3.05, 3.63) is 28.2 Å². The molecule has 0 saturated heterocycles. The van der Waals surface area contributed by atoms with Crippen molar-refractivity contribution in [1.29, 1.82) is 0 Å². The molecule has 1 aromatic carbocycles. The molecule has 3 nitrogen and oxygen atoms in total. The van der Waals surface area contributed by atoms with E-state index in [2.05, 4.69) is 21.2 Å². The van der Waals surface area contributed by atoms with Gasteiger partial charge < -0.3 is 10.1 Å². The second-order valence-corrected chi connectivity index (χ2v) is 5.51. The summed E-state index contributed by atoms with van der Waals surface area (Å²) in [5.74, 6) is 1.05. The van der Waals surface area contributed by atoms with Crippen LogP contribution in [0.4, 0.5) is 0 Å². The summed E-state index contributed by atoms with van der Waals surface area (Å²) in [5, 5.41) is 3.35. The number of carbonyl (C=O) groups is 1. The fourth-order valence-corrected chi connectivity index (χ4v) is 2.20. The molecule has 1 aliphatic carbocycles. The van der Waals surface area contributed by atoms with Gasteiger partial charge in [0, 0.05) is 29.9 Å². The maximum atomic E-state index is 11.9. The van der Waals surface area contributed by atoms with Gasteiger partial charge in [-0.3, -0.25) is 4.79 Å². The first-order valence-electron chi connectivity index (χ1n) is 6.26. The summed E-state index contributed by atoms with van der Waals surface area (Å²) in [6, 6.07) is 6.38. The van der Waals surface area contributed by atoms with Gasteiger partial charge >= 0.3 is 0 Å². The smallest absolute Gasteiger partial charge is 0.138 e. The largest absolute Gasteiger partial charge is 0.497 e. The number of rotatable bonds is 7. The van der Waals surface area contributed by atoms with Crippen LogP contribution in [0.25, 0.3) is 0 Å². The minimum atomic E-state index is 0.261. The van der Waals surface area contributed by atoms with Crippen molar-refractivity contribution in [2.24, 2.45) is 0 Å². The quantitative estimate of drug-likeness (QED) is 0.841. The van der Waals surface area contributed by atoms with Crippen LogP contribution >= 0.6 is 15.9 Å². The van der Waals surface area contributed by atoms with Crippen LogP contribution in [0, 0.1) is 0 Å². The first-order chi connectivity index (χ1) is 8.69. The molecule has 1 saturated carbocycles. The molecule has 1 aromatic rings. The average Bonchev–Trinajstić information content (AvgIpc) is 3.16. The highest BCUT2D eigenvalue weighted by atomic mass is 79.9. The van der Waals surface area contributed by atoms with Crippen LogP contribution in [0.3, 0.4) is 0 Å². The average molecular weight is 312 g/mol. The maximum Gasteiger partial charge on any atom is 0.138 e. The lowest BCUT2D eigenvalue weighted by molar-refractivity contribution is -0.118. The fourth-order valence-electron chi connectivity index (χ4n) is 1.82. The predicted octanol–water partition coefficient (Wildman–Crippen LogP) is 2.71. The molecule has 0 aromatic heterocycles. The van der Waals surface area contributed by atoms with Crippen molar-refractivity contribution in [3.8, 4) is 5.75 Å². The topological polar surface area (TPSA) is 38.3 Å². The van der Waals surface area contributed by atoms with Crippen LogP contribution in [0.2, 0.25) is 0 Å². The molecule has 1 aliphatic rings. The van der Waals surface area contributed by atoms with Gasteiger partial charge in [-0.25, -0.2) is 0 Å². The molecule has 0 spiro atoms. The Balaban J connectivity index is 1.84. The van der Waals surface area contributed by atoms with Crippen LogP contribution in [0.1, 0.15) is 24.8 Å². The van der Waals surface area contributed by atoms with E-state index < -0.39 is 0 Å². The summed E-state index contributed by atoms with van der Waals surface area (Å²) in [5.41, 5.74) is 0.991. The Morgan fingerprint density at radius 1 is 1.50 bits per heavy atom. The molecule has 1 N–H and O–H groups in total. The Bertz CT molecular complexity index is 430. The number of Topliss-reactive ketones (excluding diaryl/α,β-unsaturated/α-hetero) is 1. The van der Waals surface area contributed by atoms with Crippen molar-refractivity contribution in [2.45, 2.75) is 31.7 Å². The zero-order valence-electron chi connectivity index (χ0n) is 10.5. The molecular formula is C14H18BrNO2. The molecule has 2 rings (SSSR count). The van der Waals surface area contributed by atoms with Crippen LogP contribution in [-0.4, -0.2) is 25.5 Å². The molecule has 0 radical (unpaired) electrons. The van der Waals surface area contributed by atoms with E-state index in [1.54, 1.807) is 7.11 Å². The van der Waals surface area contributed by atoms with Gasteiger partial charge in [-0.2, -0.15) is 0 Å². The van der Waals surface area contributed by atoms with Crippen molar-refractivity contribution in [3.63, 3.8) is 0 Å². The number of nitrogens with one attached hydrogen (secondary N) is 1. The number of hydrogen-bond acceptors (Lipinski definition) is 3. The van der Waals surface area contributed by atoms with Crippen molar-refractivity contribution < 1.29 is 9.53 Å². The minimum Gasteiger partial charge on any atom is -0.497 e. The standard InChI is InChI=1S/C14H18BrNO2/c1-18-13-4-5-14(15)10(9-13)8-12(17)6-7-16-11-2-3-11/h4-5,9,11,16H,2-3,6-8H2,1H3. The second kappa shape index (κ2) is 6.34. The molecule has 0 amide bonds. The predicted molar refractivity (Wildman–Crippen MR) is 75.0 cm³/mol. The van der Waals surface area contributed by atoms with Crippen LogP contribution in [0.5, 0.6) is 5.75 Å². The van der Waals surface area contributed by atoms with Crippen molar-refractivity contribution >= 4 is 21.7 Å². The third kappa shape index (κ3) is 4.10. The first kappa shape index (κ1) is 13.6. The normalized spacial score (nSPS) is 14.6. The van der Waals surface area contributed by atoms with Gasteiger partial charge in [0.25, 0.3) is 0 Å². The second-order valence-electron chi connectivity index (χ2n) is 4.65. The zero-order valence-corrected chi connectivity index (χ0v) is 12.1. The van der Waals surface area contributed by atoms with E-state index in [0.29, 0.717) is 18.9 Å². The van der Waals surface area contributed by atoms with Gasteiger partial charge in [-0.15, -0.1) is 0 Å². The molecule has 0 atom stereocenters. The fraction of sp³-hybridized carbons (Fsp3) is 0.500. The molecule has 0 heterocycles. The van der Waals surface area contributed by atoms with E-state index in [0.717, 1.165) is 22.3 Å². The summed E-state index contributed by atoms with van der Waals surface area (Å²) in [4.78, 5) is 11.9. The monoisotopic (exact) mass is 311 g/mol. The highest BCUT2D eigenvalue weighted by Gasteiger charge is 2.20. The third-order valence-corrected chi connectivity index (χ3v) is 3.83. The van der Waals surface area contributed by atoms with Crippen molar-refractivity contribution in [2.75, 3.05) is 13.7 Å². The molecule has 0 unspecified atom stereocenters. The molecule has 4 heteroatoms. The number of ether oxygens (including phenoxy) is 1. The minimum absolute atomic E-state index is 0.261. The van der Waals surface area contributed by atoms with Crippen LogP contribution in [0.15, 0.2) is 22.7 Å². The summed E-state index contributed by atoms with van der Waals surface area (Å²) < 4.78 is 6.13. The van der Waals surface area contributed by atoms with E-state index in [1.165, 1.54) is 12.8 Å². The molecule has 0 aliphatic heterocycles. The van der Waals surface area contributed by atoms with Crippen LogP contribution in [-0.2, 0) is 11.2 Å². The number of hydrogen-bond donors (Lipinski definition) is 1. The van der Waals surface area contributed by atoms with E-state index in [1.807, 2.05) is 18.2 Å². The summed E-state index contributed by atoms with van der Waals surface area (Å²) in [6.45, 7) is 0.797. The van der Waals surface area contributed by atoms with Gasteiger partial charge in [0.1, 0.15) is 11.5 Å².